The second-order valence-electron chi connectivity index (χ2n) is 8.72. The first-order valence-corrected chi connectivity index (χ1v) is 10.0. The highest BCUT2D eigenvalue weighted by atomic mass is 19.1. The van der Waals surface area contributed by atoms with E-state index in [1.165, 1.54) is 29.2 Å². The molecule has 30 heavy (non-hydrogen) atoms. The van der Waals surface area contributed by atoms with E-state index in [0.717, 1.165) is 0 Å². The largest absolute Gasteiger partial charge is 0.345 e. The lowest BCUT2D eigenvalue weighted by atomic mass is 9.79. The molecule has 0 aliphatic heterocycles. The Morgan fingerprint density at radius 2 is 1.67 bits per heavy atom. The van der Waals surface area contributed by atoms with E-state index in [9.17, 15) is 18.4 Å². The van der Waals surface area contributed by atoms with Crippen molar-refractivity contribution in [3.8, 4) is 0 Å². The fourth-order valence-electron chi connectivity index (χ4n) is 3.28. The Morgan fingerprint density at radius 1 is 1.03 bits per heavy atom. The van der Waals surface area contributed by atoms with Gasteiger partial charge in [-0.25, -0.2) is 8.78 Å². The first-order chi connectivity index (χ1) is 13.9. The lowest BCUT2D eigenvalue weighted by Gasteiger charge is -2.26. The van der Waals surface area contributed by atoms with Crippen LogP contribution in [0.3, 0.4) is 0 Å². The fourth-order valence-corrected chi connectivity index (χ4v) is 3.28. The van der Waals surface area contributed by atoms with Gasteiger partial charge in [-0.05, 0) is 65.3 Å². The molecule has 0 saturated heterocycles. The molecule has 0 unspecified atom stereocenters. The third-order valence-electron chi connectivity index (χ3n) is 5.23. The van der Waals surface area contributed by atoms with Gasteiger partial charge in [0.2, 0.25) is 5.91 Å². The average Bonchev–Trinajstić information content (AvgIpc) is 2.67. The van der Waals surface area contributed by atoms with Crippen molar-refractivity contribution in [3.05, 3.63) is 64.7 Å². The third kappa shape index (κ3) is 5.65. The molecule has 0 radical (unpaired) electrons. The summed E-state index contributed by atoms with van der Waals surface area (Å²) in [5, 5.41) is 2.79. The average molecular weight is 417 g/mol. The zero-order chi connectivity index (χ0) is 22.6. The van der Waals surface area contributed by atoms with E-state index >= 15 is 0 Å². The number of nitrogens with zero attached hydrogens (tertiary/aromatic N) is 1. The first kappa shape index (κ1) is 23.5. The number of hydrogen-bond donors (Lipinski definition) is 1. The minimum atomic E-state index is -0.657. The normalized spacial score (nSPS) is 11.5. The molecule has 0 atom stereocenters. The van der Waals surface area contributed by atoms with Gasteiger partial charge < -0.3 is 10.2 Å². The zero-order valence-corrected chi connectivity index (χ0v) is 18.5. The van der Waals surface area contributed by atoms with Gasteiger partial charge in [0, 0.05) is 31.8 Å². The summed E-state index contributed by atoms with van der Waals surface area (Å²) < 4.78 is 28.3. The maximum absolute atomic E-state index is 14.5. The van der Waals surface area contributed by atoms with Gasteiger partial charge in [-0.1, -0.05) is 27.7 Å². The summed E-state index contributed by atoms with van der Waals surface area (Å²) in [6, 6.07) is 8.83. The fraction of sp³-hybridized carbons (Fsp3) is 0.417. The standard InChI is InChI=1S/C24H30F2N2O2/c1-15(2)18-14-17(8-10-20(18)25)27-22(29)11-12-24(3,4)19-13-16(7-9-21(19)26)23(30)28(5)6/h7-10,13-15H,11-12H2,1-6H3,(H,27,29). The topological polar surface area (TPSA) is 49.4 Å². The summed E-state index contributed by atoms with van der Waals surface area (Å²) in [5.74, 6) is -1.14. The second-order valence-corrected chi connectivity index (χ2v) is 8.72. The van der Waals surface area contributed by atoms with Gasteiger partial charge in [0.25, 0.3) is 5.91 Å². The quantitative estimate of drug-likeness (QED) is 0.649. The molecule has 2 aromatic carbocycles. The number of anilines is 1. The highest BCUT2D eigenvalue weighted by Gasteiger charge is 2.26. The highest BCUT2D eigenvalue weighted by Crippen LogP contribution is 2.32. The molecule has 0 bridgehead atoms. The van der Waals surface area contributed by atoms with E-state index in [1.54, 1.807) is 26.2 Å². The summed E-state index contributed by atoms with van der Waals surface area (Å²) in [4.78, 5) is 26.1. The van der Waals surface area contributed by atoms with Crippen LogP contribution in [0.25, 0.3) is 0 Å². The number of amides is 2. The van der Waals surface area contributed by atoms with Gasteiger partial charge in [0.15, 0.2) is 0 Å². The van der Waals surface area contributed by atoms with Crippen molar-refractivity contribution in [3.63, 3.8) is 0 Å². The van der Waals surface area contributed by atoms with Crippen molar-refractivity contribution in [2.45, 2.75) is 51.9 Å². The van der Waals surface area contributed by atoms with Crippen molar-refractivity contribution in [2.75, 3.05) is 19.4 Å². The van der Waals surface area contributed by atoms with E-state index in [-0.39, 0.29) is 30.0 Å². The predicted octanol–water partition coefficient (Wildman–Crippen LogP) is 5.49. The van der Waals surface area contributed by atoms with Crippen LogP contribution in [0.2, 0.25) is 0 Å². The van der Waals surface area contributed by atoms with Crippen LogP contribution < -0.4 is 5.32 Å². The third-order valence-corrected chi connectivity index (χ3v) is 5.23. The van der Waals surface area contributed by atoms with Crippen molar-refractivity contribution in [2.24, 2.45) is 0 Å². The van der Waals surface area contributed by atoms with Gasteiger partial charge >= 0.3 is 0 Å². The molecule has 0 fully saturated rings. The lowest BCUT2D eigenvalue weighted by molar-refractivity contribution is -0.116. The van der Waals surface area contributed by atoms with Gasteiger partial charge in [-0.3, -0.25) is 9.59 Å². The van der Waals surface area contributed by atoms with E-state index < -0.39 is 11.2 Å². The van der Waals surface area contributed by atoms with E-state index in [0.29, 0.717) is 28.8 Å². The monoisotopic (exact) mass is 416 g/mol. The van der Waals surface area contributed by atoms with Gasteiger partial charge in [0.05, 0.1) is 0 Å². The van der Waals surface area contributed by atoms with Crippen molar-refractivity contribution in [1.82, 2.24) is 4.90 Å². The van der Waals surface area contributed by atoms with Gasteiger partial charge in [-0.15, -0.1) is 0 Å². The molecule has 0 aliphatic rings. The molecule has 0 aromatic heterocycles. The van der Waals surface area contributed by atoms with E-state index in [4.69, 9.17) is 0 Å². The Bertz CT molecular complexity index is 937. The molecule has 4 nitrogen and oxygen atoms in total. The number of benzene rings is 2. The molecular weight excluding hydrogens is 386 g/mol. The summed E-state index contributed by atoms with van der Waals surface area (Å²) >= 11 is 0. The van der Waals surface area contributed by atoms with Crippen LogP contribution in [-0.2, 0) is 10.2 Å². The number of rotatable bonds is 7. The summed E-state index contributed by atoms with van der Waals surface area (Å²) in [6.07, 6.45) is 0.542. The molecular formula is C24H30F2N2O2. The molecule has 1 N–H and O–H groups in total. The van der Waals surface area contributed by atoms with Crippen LogP contribution in [0.15, 0.2) is 36.4 Å². The molecule has 2 aromatic rings. The van der Waals surface area contributed by atoms with Crippen LogP contribution in [-0.4, -0.2) is 30.8 Å². The number of nitrogens with one attached hydrogen (secondary N) is 1. The Labute approximate surface area is 177 Å². The summed E-state index contributed by atoms with van der Waals surface area (Å²) in [5.41, 5.74) is 1.22. The number of carbonyl (C=O) groups is 2. The maximum atomic E-state index is 14.5. The van der Waals surface area contributed by atoms with E-state index in [2.05, 4.69) is 5.32 Å². The van der Waals surface area contributed by atoms with Crippen molar-refractivity contribution < 1.29 is 18.4 Å². The Kier molecular flexibility index (Phi) is 7.34. The zero-order valence-electron chi connectivity index (χ0n) is 18.5. The SMILES string of the molecule is CC(C)c1cc(NC(=O)CCC(C)(C)c2cc(C(=O)N(C)C)ccc2F)ccc1F. The van der Waals surface area contributed by atoms with Gasteiger partial charge in [-0.2, -0.15) is 0 Å². The van der Waals surface area contributed by atoms with Crippen LogP contribution in [0.4, 0.5) is 14.5 Å². The van der Waals surface area contributed by atoms with E-state index in [1.807, 2.05) is 27.7 Å². The van der Waals surface area contributed by atoms with Crippen LogP contribution in [0.1, 0.15) is 67.9 Å². The summed E-state index contributed by atoms with van der Waals surface area (Å²) in [7, 11) is 3.28. The molecule has 0 aliphatic carbocycles. The van der Waals surface area contributed by atoms with Gasteiger partial charge in [0.1, 0.15) is 11.6 Å². The van der Waals surface area contributed by atoms with Crippen LogP contribution >= 0.6 is 0 Å². The first-order valence-electron chi connectivity index (χ1n) is 10.0. The minimum absolute atomic E-state index is 0.000845. The maximum Gasteiger partial charge on any atom is 0.253 e. The molecule has 2 amide bonds. The second kappa shape index (κ2) is 9.37. The lowest BCUT2D eigenvalue weighted by Crippen LogP contribution is -2.25. The van der Waals surface area contributed by atoms with Crippen molar-refractivity contribution >= 4 is 17.5 Å². The van der Waals surface area contributed by atoms with Crippen LogP contribution in [0, 0.1) is 11.6 Å². The van der Waals surface area contributed by atoms with Crippen LogP contribution in [0.5, 0.6) is 0 Å². The molecule has 6 heteroatoms. The molecule has 0 spiro atoms. The highest BCUT2D eigenvalue weighted by molar-refractivity contribution is 5.94. The molecule has 162 valence electrons. The smallest absolute Gasteiger partial charge is 0.253 e. The molecule has 0 saturated carbocycles. The number of carbonyl (C=O) groups excluding carboxylic acids is 2. The Morgan fingerprint density at radius 3 is 2.27 bits per heavy atom. The Balaban J connectivity index is 2.11. The summed E-state index contributed by atoms with van der Waals surface area (Å²) in [6.45, 7) is 7.46. The molecule has 2 rings (SSSR count). The Hall–Kier alpha value is -2.76. The predicted molar refractivity (Wildman–Crippen MR) is 116 cm³/mol. The minimum Gasteiger partial charge on any atom is -0.345 e. The molecule has 0 heterocycles. The number of halogens is 2. The number of hydrogen-bond acceptors (Lipinski definition) is 2. The van der Waals surface area contributed by atoms with Crippen molar-refractivity contribution in [1.29, 1.82) is 0 Å².